The van der Waals surface area contributed by atoms with Gasteiger partial charge in [0.25, 0.3) is 0 Å². The third-order valence-corrected chi connectivity index (χ3v) is 5.19. The molecule has 0 aliphatic carbocycles. The average Bonchev–Trinajstić information content (AvgIpc) is 2.87. The SMILES string of the molecule is O=C(NCCCCC(NC(=O)Oc1cccc(CCON(O)O)c1)C(=O)O)Oc1cccc(CCON(O)O)c1. The van der Waals surface area contributed by atoms with Crippen molar-refractivity contribution in [1.82, 2.24) is 21.4 Å². The van der Waals surface area contributed by atoms with Crippen LogP contribution in [-0.2, 0) is 27.3 Å². The Morgan fingerprint density at radius 3 is 1.80 bits per heavy atom. The minimum Gasteiger partial charge on any atom is -0.480 e. The summed E-state index contributed by atoms with van der Waals surface area (Å²) in [5.41, 5.74) is 1.41. The first-order chi connectivity index (χ1) is 19.1. The fourth-order valence-corrected chi connectivity index (χ4v) is 3.36. The summed E-state index contributed by atoms with van der Waals surface area (Å²) < 4.78 is 10.3. The van der Waals surface area contributed by atoms with Crippen LogP contribution < -0.4 is 20.1 Å². The van der Waals surface area contributed by atoms with Crippen molar-refractivity contribution in [2.45, 2.75) is 38.1 Å². The molecule has 2 rings (SSSR count). The Bertz CT molecular complexity index is 1090. The number of carbonyl (C=O) groups is 3. The molecule has 2 aromatic carbocycles. The van der Waals surface area contributed by atoms with Gasteiger partial charge in [-0.05, 0) is 67.5 Å². The van der Waals surface area contributed by atoms with E-state index in [1.54, 1.807) is 36.4 Å². The van der Waals surface area contributed by atoms with Gasteiger partial charge >= 0.3 is 18.2 Å². The van der Waals surface area contributed by atoms with E-state index in [9.17, 15) is 19.5 Å². The first kappa shape index (κ1) is 32.3. The first-order valence-electron chi connectivity index (χ1n) is 12.1. The number of rotatable bonds is 17. The maximum Gasteiger partial charge on any atom is 0.413 e. The van der Waals surface area contributed by atoms with Crippen LogP contribution in [0.1, 0.15) is 30.4 Å². The van der Waals surface area contributed by atoms with Crippen molar-refractivity contribution in [2.75, 3.05) is 19.8 Å². The topological polar surface area (TPSA) is 220 Å². The molecule has 0 aromatic heterocycles. The summed E-state index contributed by atoms with van der Waals surface area (Å²) in [4.78, 5) is 44.8. The van der Waals surface area contributed by atoms with Gasteiger partial charge < -0.3 is 25.2 Å². The molecule has 0 heterocycles. The van der Waals surface area contributed by atoms with E-state index in [0.29, 0.717) is 24.8 Å². The standard InChI is InChI=1S/C24H32N4O12/c29-22(30)21(26-24(32)40-20-8-4-6-18(16-20)11-14-38-28(35)36)9-1-2-12-25-23(31)39-19-7-3-5-17(15-19)10-13-37-27(33)34/h3-8,15-16,21,33-36H,1-2,9-14H2,(H,25,31)(H,26,32)(H,29,30). The zero-order valence-electron chi connectivity index (χ0n) is 21.3. The molecular weight excluding hydrogens is 536 g/mol. The molecule has 40 heavy (non-hydrogen) atoms. The lowest BCUT2D eigenvalue weighted by Gasteiger charge is -2.15. The molecule has 1 unspecified atom stereocenters. The quantitative estimate of drug-likeness (QED) is 0.108. The summed E-state index contributed by atoms with van der Waals surface area (Å²) in [6.07, 6.45) is -0.190. The fourth-order valence-electron chi connectivity index (χ4n) is 3.36. The van der Waals surface area contributed by atoms with Crippen molar-refractivity contribution in [3.8, 4) is 11.5 Å². The van der Waals surface area contributed by atoms with E-state index in [1.807, 2.05) is 0 Å². The summed E-state index contributed by atoms with van der Waals surface area (Å²) in [5, 5.41) is 47.7. The van der Waals surface area contributed by atoms with Crippen molar-refractivity contribution in [2.24, 2.45) is 0 Å². The number of aliphatic carboxylic acids is 1. The Balaban J connectivity index is 1.69. The molecule has 7 N–H and O–H groups in total. The van der Waals surface area contributed by atoms with Crippen LogP contribution in [-0.4, -0.2) is 80.7 Å². The Morgan fingerprint density at radius 2 is 1.30 bits per heavy atom. The highest BCUT2D eigenvalue weighted by atomic mass is 17.1. The molecule has 0 aliphatic heterocycles. The van der Waals surface area contributed by atoms with Gasteiger partial charge in [-0.2, -0.15) is 0 Å². The van der Waals surface area contributed by atoms with Gasteiger partial charge in [0.2, 0.25) is 0 Å². The molecule has 0 spiro atoms. The summed E-state index contributed by atoms with van der Waals surface area (Å²) in [5.74, 6) is -0.814. The number of carboxylic acids is 1. The molecule has 16 nitrogen and oxygen atoms in total. The smallest absolute Gasteiger partial charge is 0.413 e. The van der Waals surface area contributed by atoms with Gasteiger partial charge in [-0.1, -0.05) is 24.3 Å². The van der Waals surface area contributed by atoms with Gasteiger partial charge in [0.15, 0.2) is 0 Å². The lowest BCUT2D eigenvalue weighted by atomic mass is 10.1. The van der Waals surface area contributed by atoms with E-state index in [4.69, 9.17) is 30.3 Å². The monoisotopic (exact) mass is 568 g/mol. The van der Waals surface area contributed by atoms with Crippen LogP contribution in [0.3, 0.4) is 0 Å². The summed E-state index contributed by atoms with van der Waals surface area (Å²) in [6, 6.07) is 11.7. The van der Waals surface area contributed by atoms with E-state index in [1.165, 1.54) is 12.1 Å². The first-order valence-corrected chi connectivity index (χ1v) is 12.1. The lowest BCUT2D eigenvalue weighted by molar-refractivity contribution is -0.492. The van der Waals surface area contributed by atoms with Crippen LogP contribution in [0, 0.1) is 0 Å². The molecule has 0 aliphatic rings. The van der Waals surface area contributed by atoms with E-state index in [2.05, 4.69) is 20.3 Å². The van der Waals surface area contributed by atoms with Crippen molar-refractivity contribution in [3.63, 3.8) is 0 Å². The lowest BCUT2D eigenvalue weighted by Crippen LogP contribution is -2.42. The minimum atomic E-state index is -1.25. The molecular formula is C24H32N4O12. The van der Waals surface area contributed by atoms with Crippen LogP contribution in [0.4, 0.5) is 9.59 Å². The van der Waals surface area contributed by atoms with E-state index in [0.717, 1.165) is 5.56 Å². The number of benzene rings is 2. The maximum atomic E-state index is 12.2. The van der Waals surface area contributed by atoms with Gasteiger partial charge in [0.05, 0.1) is 24.0 Å². The van der Waals surface area contributed by atoms with Crippen molar-refractivity contribution in [1.29, 1.82) is 0 Å². The molecule has 16 heteroatoms. The zero-order valence-corrected chi connectivity index (χ0v) is 21.3. The Labute approximate surface area is 228 Å². The molecule has 1 atom stereocenters. The molecule has 0 saturated carbocycles. The van der Waals surface area contributed by atoms with Crippen molar-refractivity contribution < 1.29 is 59.5 Å². The van der Waals surface area contributed by atoms with E-state index < -0.39 is 29.6 Å². The summed E-state index contributed by atoms with van der Waals surface area (Å²) >= 11 is 0. The van der Waals surface area contributed by atoms with Gasteiger partial charge in [-0.25, -0.2) is 14.4 Å². The van der Waals surface area contributed by atoms with Crippen molar-refractivity contribution >= 4 is 18.2 Å². The normalized spacial score (nSPS) is 11.8. The summed E-state index contributed by atoms with van der Waals surface area (Å²) in [7, 11) is 0. The van der Waals surface area contributed by atoms with Crippen LogP contribution >= 0.6 is 0 Å². The van der Waals surface area contributed by atoms with Crippen LogP contribution in [0.15, 0.2) is 48.5 Å². The number of hydrogen-bond acceptors (Lipinski definition) is 13. The molecule has 0 radical (unpaired) electrons. The molecule has 0 saturated heterocycles. The van der Waals surface area contributed by atoms with E-state index >= 15 is 0 Å². The number of ether oxygens (including phenoxy) is 2. The molecule has 0 bridgehead atoms. The molecule has 0 fully saturated rings. The Kier molecular flexibility index (Phi) is 14.3. The number of carbonyl (C=O) groups excluding carboxylic acids is 2. The number of hydrogen-bond donors (Lipinski definition) is 7. The second-order valence-corrected chi connectivity index (χ2v) is 8.20. The Morgan fingerprint density at radius 1 is 0.775 bits per heavy atom. The molecule has 220 valence electrons. The minimum absolute atomic E-state index is 0.00706. The number of nitrogens with one attached hydrogen (secondary N) is 2. The maximum absolute atomic E-state index is 12.2. The molecule has 2 aromatic rings. The van der Waals surface area contributed by atoms with Gasteiger partial charge in [0, 0.05) is 6.54 Å². The van der Waals surface area contributed by atoms with Crippen LogP contribution in [0.5, 0.6) is 11.5 Å². The number of unbranched alkanes of at least 4 members (excludes halogenated alkanes) is 1. The van der Waals surface area contributed by atoms with Gasteiger partial charge in [-0.3, -0.25) is 30.5 Å². The predicted molar refractivity (Wildman–Crippen MR) is 131 cm³/mol. The highest BCUT2D eigenvalue weighted by Gasteiger charge is 2.20. The number of amides is 2. The van der Waals surface area contributed by atoms with Gasteiger partial charge in [0.1, 0.15) is 17.5 Å². The van der Waals surface area contributed by atoms with Gasteiger partial charge in [-0.15, -0.1) is 0 Å². The third-order valence-electron chi connectivity index (χ3n) is 5.19. The molecule has 2 amide bonds. The van der Waals surface area contributed by atoms with E-state index in [-0.39, 0.29) is 49.5 Å². The average molecular weight is 569 g/mol. The summed E-state index contributed by atoms with van der Waals surface area (Å²) in [6.45, 7) is 0.149. The number of nitrogens with zero attached hydrogens (tertiary/aromatic N) is 2. The van der Waals surface area contributed by atoms with Crippen LogP contribution in [0.2, 0.25) is 0 Å². The largest absolute Gasteiger partial charge is 0.480 e. The highest BCUT2D eigenvalue weighted by molar-refractivity contribution is 5.80. The fraction of sp³-hybridized carbons (Fsp3) is 0.375. The zero-order chi connectivity index (χ0) is 29.3. The predicted octanol–water partition coefficient (Wildman–Crippen LogP) is 2.30. The second kappa shape index (κ2) is 17.7. The number of carboxylic acid groups (broad SMARTS) is 1. The Hall–Kier alpha value is -3.87. The van der Waals surface area contributed by atoms with Crippen molar-refractivity contribution in [3.05, 3.63) is 59.7 Å². The third kappa shape index (κ3) is 13.8. The highest BCUT2D eigenvalue weighted by Crippen LogP contribution is 2.15. The second-order valence-electron chi connectivity index (χ2n) is 8.20. The van der Waals surface area contributed by atoms with Crippen LogP contribution in [0.25, 0.3) is 0 Å².